The lowest BCUT2D eigenvalue weighted by Crippen LogP contribution is -2.42. The molecule has 0 aliphatic rings. The van der Waals surface area contributed by atoms with Gasteiger partial charge in [-0.2, -0.15) is 0 Å². The second-order valence-electron chi connectivity index (χ2n) is 4.98. The van der Waals surface area contributed by atoms with Gasteiger partial charge in [-0.05, 0) is 31.0 Å². The molecule has 0 spiro atoms. The Hall–Kier alpha value is -2.62. The van der Waals surface area contributed by atoms with Crippen molar-refractivity contribution in [3.05, 3.63) is 70.8 Å². The zero-order chi connectivity index (χ0) is 15.2. The maximum absolute atomic E-state index is 12.0. The van der Waals surface area contributed by atoms with Gasteiger partial charge >= 0.3 is 0 Å². The molecule has 0 unspecified atom stereocenters. The topological polar surface area (TPSA) is 58.2 Å². The van der Waals surface area contributed by atoms with Crippen LogP contribution in [0, 0.1) is 13.8 Å². The van der Waals surface area contributed by atoms with Crippen LogP contribution < -0.4 is 10.9 Å². The van der Waals surface area contributed by atoms with E-state index < -0.39 is 0 Å². The monoisotopic (exact) mass is 282 g/mol. The van der Waals surface area contributed by atoms with Gasteiger partial charge in [-0.25, -0.2) is 0 Å². The van der Waals surface area contributed by atoms with E-state index in [9.17, 15) is 9.59 Å². The van der Waals surface area contributed by atoms with Crippen molar-refractivity contribution in [2.24, 2.45) is 0 Å². The number of benzene rings is 2. The van der Waals surface area contributed by atoms with Crippen LogP contribution in [-0.4, -0.2) is 11.8 Å². The Morgan fingerprint density at radius 3 is 2.43 bits per heavy atom. The Balaban J connectivity index is 1.90. The molecular formula is C17H18N2O2. The molecule has 0 heterocycles. The Kier molecular flexibility index (Phi) is 4.72. The first-order valence-electron chi connectivity index (χ1n) is 6.76. The predicted octanol–water partition coefficient (Wildman–Crippen LogP) is 2.31. The fourth-order valence-corrected chi connectivity index (χ4v) is 2.07. The summed E-state index contributed by atoms with van der Waals surface area (Å²) in [5, 5.41) is 0. The molecule has 4 heteroatoms. The van der Waals surface area contributed by atoms with Crippen LogP contribution in [0.1, 0.15) is 27.0 Å². The molecule has 0 fully saturated rings. The van der Waals surface area contributed by atoms with E-state index in [1.807, 2.05) is 50.2 Å². The van der Waals surface area contributed by atoms with E-state index >= 15 is 0 Å². The van der Waals surface area contributed by atoms with Gasteiger partial charge in [0.05, 0.1) is 6.42 Å². The largest absolute Gasteiger partial charge is 0.273 e. The minimum Gasteiger partial charge on any atom is -0.273 e. The van der Waals surface area contributed by atoms with Gasteiger partial charge in [0, 0.05) is 5.56 Å². The fraction of sp³-hybridized carbons (Fsp3) is 0.176. The molecule has 0 aromatic heterocycles. The summed E-state index contributed by atoms with van der Waals surface area (Å²) in [7, 11) is 0. The van der Waals surface area contributed by atoms with Crippen molar-refractivity contribution in [3.63, 3.8) is 0 Å². The van der Waals surface area contributed by atoms with E-state index in [2.05, 4.69) is 10.9 Å². The molecule has 108 valence electrons. The van der Waals surface area contributed by atoms with Crippen molar-refractivity contribution in [1.29, 1.82) is 0 Å². The average molecular weight is 282 g/mol. The summed E-state index contributed by atoms with van der Waals surface area (Å²) in [5.41, 5.74) is 8.30. The van der Waals surface area contributed by atoms with Crippen LogP contribution in [0.3, 0.4) is 0 Å². The summed E-state index contributed by atoms with van der Waals surface area (Å²) in [4.78, 5) is 23.8. The number of rotatable bonds is 3. The van der Waals surface area contributed by atoms with Crippen LogP contribution >= 0.6 is 0 Å². The van der Waals surface area contributed by atoms with Gasteiger partial charge in [0.15, 0.2) is 0 Å². The minimum absolute atomic E-state index is 0.232. The van der Waals surface area contributed by atoms with Crippen molar-refractivity contribution in [1.82, 2.24) is 10.9 Å². The van der Waals surface area contributed by atoms with Crippen LogP contribution in [0.15, 0.2) is 48.5 Å². The quantitative estimate of drug-likeness (QED) is 0.849. The summed E-state index contributed by atoms with van der Waals surface area (Å²) < 4.78 is 0. The van der Waals surface area contributed by atoms with Crippen molar-refractivity contribution in [3.8, 4) is 0 Å². The van der Waals surface area contributed by atoms with Crippen molar-refractivity contribution < 1.29 is 9.59 Å². The predicted molar refractivity (Wildman–Crippen MR) is 81.7 cm³/mol. The number of aryl methyl sites for hydroxylation is 2. The summed E-state index contributed by atoms with van der Waals surface area (Å²) in [6.07, 6.45) is 0.232. The highest BCUT2D eigenvalue weighted by Crippen LogP contribution is 2.06. The van der Waals surface area contributed by atoms with Gasteiger partial charge in [0.2, 0.25) is 5.91 Å². The molecule has 0 radical (unpaired) electrons. The first-order chi connectivity index (χ1) is 10.1. The molecule has 2 aromatic rings. The van der Waals surface area contributed by atoms with Crippen LogP contribution in [0.2, 0.25) is 0 Å². The van der Waals surface area contributed by atoms with E-state index in [1.54, 1.807) is 12.1 Å². The van der Waals surface area contributed by atoms with Gasteiger partial charge in [0.25, 0.3) is 5.91 Å². The SMILES string of the molecule is Cc1cccc(CC(=O)NNC(=O)c2ccccc2C)c1. The molecule has 0 atom stereocenters. The van der Waals surface area contributed by atoms with Crippen LogP contribution in [0.25, 0.3) is 0 Å². The highest BCUT2D eigenvalue weighted by molar-refractivity contribution is 5.96. The fourth-order valence-electron chi connectivity index (χ4n) is 2.07. The zero-order valence-electron chi connectivity index (χ0n) is 12.1. The van der Waals surface area contributed by atoms with E-state index in [0.29, 0.717) is 5.56 Å². The lowest BCUT2D eigenvalue weighted by Gasteiger charge is -2.09. The molecule has 2 amide bonds. The van der Waals surface area contributed by atoms with Gasteiger partial charge in [-0.1, -0.05) is 48.0 Å². The number of hydrogen-bond acceptors (Lipinski definition) is 2. The van der Waals surface area contributed by atoms with Crippen molar-refractivity contribution in [2.45, 2.75) is 20.3 Å². The molecule has 2 N–H and O–H groups in total. The molecule has 0 saturated carbocycles. The van der Waals surface area contributed by atoms with Crippen LogP contribution in [-0.2, 0) is 11.2 Å². The number of hydrazine groups is 1. The Morgan fingerprint density at radius 1 is 0.952 bits per heavy atom. The standard InChI is InChI=1S/C17H18N2O2/c1-12-6-5-8-14(10-12)11-16(20)18-19-17(21)15-9-4-3-7-13(15)2/h3-10H,11H2,1-2H3,(H,18,20)(H,19,21). The smallest absolute Gasteiger partial charge is 0.269 e. The first-order valence-corrected chi connectivity index (χ1v) is 6.76. The lowest BCUT2D eigenvalue weighted by molar-refractivity contribution is -0.121. The minimum atomic E-state index is -0.314. The molecule has 0 aliphatic heterocycles. The molecule has 0 saturated heterocycles. The number of carbonyl (C=O) groups excluding carboxylic acids is 2. The number of amides is 2. The molecule has 2 aromatic carbocycles. The summed E-state index contributed by atoms with van der Waals surface area (Å²) in [6, 6.07) is 14.9. The first kappa shape index (κ1) is 14.8. The van der Waals surface area contributed by atoms with E-state index in [0.717, 1.165) is 16.7 Å². The molecule has 2 rings (SSSR count). The third-order valence-corrected chi connectivity index (χ3v) is 3.15. The molecule has 4 nitrogen and oxygen atoms in total. The maximum Gasteiger partial charge on any atom is 0.269 e. The summed E-state index contributed by atoms with van der Waals surface area (Å²) in [5.74, 6) is -0.562. The third-order valence-electron chi connectivity index (χ3n) is 3.15. The second kappa shape index (κ2) is 6.70. The Morgan fingerprint density at radius 2 is 1.71 bits per heavy atom. The van der Waals surface area contributed by atoms with Crippen LogP contribution in [0.5, 0.6) is 0 Å². The van der Waals surface area contributed by atoms with E-state index in [-0.39, 0.29) is 18.2 Å². The summed E-state index contributed by atoms with van der Waals surface area (Å²) in [6.45, 7) is 3.82. The van der Waals surface area contributed by atoms with Crippen LogP contribution in [0.4, 0.5) is 0 Å². The number of nitrogens with one attached hydrogen (secondary N) is 2. The highest BCUT2D eigenvalue weighted by Gasteiger charge is 2.09. The normalized spacial score (nSPS) is 10.0. The Bertz CT molecular complexity index is 665. The van der Waals surface area contributed by atoms with E-state index in [4.69, 9.17) is 0 Å². The van der Waals surface area contributed by atoms with Gasteiger partial charge < -0.3 is 0 Å². The summed E-state index contributed by atoms with van der Waals surface area (Å²) >= 11 is 0. The zero-order valence-corrected chi connectivity index (χ0v) is 12.1. The molecule has 21 heavy (non-hydrogen) atoms. The number of hydrogen-bond donors (Lipinski definition) is 2. The molecular weight excluding hydrogens is 264 g/mol. The van der Waals surface area contributed by atoms with Gasteiger partial charge in [-0.3, -0.25) is 20.4 Å². The lowest BCUT2D eigenvalue weighted by atomic mass is 10.1. The average Bonchev–Trinajstić information content (AvgIpc) is 2.45. The number of carbonyl (C=O) groups is 2. The second-order valence-corrected chi connectivity index (χ2v) is 4.98. The molecule has 0 bridgehead atoms. The highest BCUT2D eigenvalue weighted by atomic mass is 16.2. The van der Waals surface area contributed by atoms with Gasteiger partial charge in [0.1, 0.15) is 0 Å². The molecule has 0 aliphatic carbocycles. The van der Waals surface area contributed by atoms with Crippen molar-refractivity contribution >= 4 is 11.8 Å². The maximum atomic E-state index is 12.0. The van der Waals surface area contributed by atoms with Gasteiger partial charge in [-0.15, -0.1) is 0 Å². The van der Waals surface area contributed by atoms with E-state index in [1.165, 1.54) is 0 Å². The third kappa shape index (κ3) is 4.18. The Labute approximate surface area is 124 Å². The van der Waals surface area contributed by atoms with Crippen molar-refractivity contribution in [2.75, 3.05) is 0 Å².